The largest absolute Gasteiger partial charge is 0.368 e. The highest BCUT2D eigenvalue weighted by molar-refractivity contribution is 6.35. The van der Waals surface area contributed by atoms with Crippen molar-refractivity contribution in [3.8, 4) is 0 Å². The standard InChI is InChI=1S/C28H39Cl2N5O2/c1-16-17(2)32-27(33-25(16)31-18(3)23-8-7-21(29)10-24(23)30)35-14-20(15-35)19-6-5-9-34(13-19)22-11-28(4,12-22)26(36)37/h7-8,10,18-20,22,26,36-37H,5-6,9,11-15H2,1-4H3,(H,31,32,33)/t18-,19+,22-,28-/m1/s1. The Balaban J connectivity index is 1.20. The molecule has 202 valence electrons. The van der Waals surface area contributed by atoms with E-state index in [-0.39, 0.29) is 11.5 Å². The van der Waals surface area contributed by atoms with Crippen molar-refractivity contribution < 1.29 is 10.2 Å². The van der Waals surface area contributed by atoms with Gasteiger partial charge in [-0.3, -0.25) is 0 Å². The smallest absolute Gasteiger partial charge is 0.227 e. The lowest BCUT2D eigenvalue weighted by atomic mass is 9.65. The molecule has 0 bridgehead atoms. The molecule has 1 aromatic heterocycles. The zero-order valence-corrected chi connectivity index (χ0v) is 23.7. The number of aliphatic hydroxyl groups is 2. The summed E-state index contributed by atoms with van der Waals surface area (Å²) in [5, 5.41) is 24.1. The van der Waals surface area contributed by atoms with E-state index < -0.39 is 6.29 Å². The molecule has 0 unspecified atom stereocenters. The van der Waals surface area contributed by atoms with Crippen LogP contribution in [0.5, 0.6) is 0 Å². The molecule has 2 aliphatic heterocycles. The minimum atomic E-state index is -1.21. The second-order valence-corrected chi connectivity index (χ2v) is 12.6. The van der Waals surface area contributed by atoms with Gasteiger partial charge < -0.3 is 25.3 Å². The van der Waals surface area contributed by atoms with Gasteiger partial charge in [-0.25, -0.2) is 4.98 Å². The number of nitrogens with zero attached hydrogens (tertiary/aromatic N) is 4. The summed E-state index contributed by atoms with van der Waals surface area (Å²) in [6.45, 7) is 12.4. The first-order chi connectivity index (χ1) is 17.5. The van der Waals surface area contributed by atoms with Crippen molar-refractivity contribution in [1.82, 2.24) is 14.9 Å². The van der Waals surface area contributed by atoms with Crippen molar-refractivity contribution in [3.05, 3.63) is 45.1 Å². The van der Waals surface area contributed by atoms with Gasteiger partial charge in [-0.1, -0.05) is 36.2 Å². The van der Waals surface area contributed by atoms with Gasteiger partial charge >= 0.3 is 0 Å². The van der Waals surface area contributed by atoms with Crippen molar-refractivity contribution in [2.75, 3.05) is 36.4 Å². The Kier molecular flexibility index (Phi) is 7.64. The van der Waals surface area contributed by atoms with E-state index in [1.807, 2.05) is 32.9 Å². The van der Waals surface area contributed by atoms with Crippen LogP contribution >= 0.6 is 23.2 Å². The van der Waals surface area contributed by atoms with Crippen LogP contribution in [0.15, 0.2) is 18.2 Å². The van der Waals surface area contributed by atoms with E-state index in [2.05, 4.69) is 22.0 Å². The number of aromatic nitrogens is 2. The summed E-state index contributed by atoms with van der Waals surface area (Å²) in [6.07, 6.45) is 3.02. The molecular weight excluding hydrogens is 509 g/mol. The molecule has 9 heteroatoms. The minimum absolute atomic E-state index is 0.0247. The van der Waals surface area contributed by atoms with Gasteiger partial charge in [0, 0.05) is 52.4 Å². The highest BCUT2D eigenvalue weighted by Crippen LogP contribution is 2.47. The number of likely N-dealkylation sites (tertiary alicyclic amines) is 1. The molecule has 3 heterocycles. The molecule has 0 amide bonds. The number of piperidine rings is 1. The predicted octanol–water partition coefficient (Wildman–Crippen LogP) is 5.20. The van der Waals surface area contributed by atoms with Crippen molar-refractivity contribution in [1.29, 1.82) is 0 Å². The lowest BCUT2D eigenvalue weighted by Gasteiger charge is -2.54. The third kappa shape index (κ3) is 5.44. The Morgan fingerprint density at radius 2 is 1.81 bits per heavy atom. The maximum atomic E-state index is 9.66. The van der Waals surface area contributed by atoms with Crippen LogP contribution < -0.4 is 10.2 Å². The first-order valence-corrected chi connectivity index (χ1v) is 14.2. The fourth-order valence-corrected chi connectivity index (χ4v) is 6.82. The van der Waals surface area contributed by atoms with E-state index in [1.165, 1.54) is 12.8 Å². The molecule has 3 N–H and O–H groups in total. The molecule has 3 aliphatic rings. The number of nitrogens with one attached hydrogen (secondary N) is 1. The summed E-state index contributed by atoms with van der Waals surface area (Å²) in [6, 6.07) is 6.04. The Hall–Kier alpha value is -1.64. The van der Waals surface area contributed by atoms with Gasteiger partial charge in [0.25, 0.3) is 0 Å². The van der Waals surface area contributed by atoms with E-state index in [4.69, 9.17) is 33.2 Å². The van der Waals surface area contributed by atoms with Gasteiger partial charge in [-0.15, -0.1) is 0 Å². The van der Waals surface area contributed by atoms with Crippen LogP contribution in [-0.2, 0) is 0 Å². The molecule has 1 saturated carbocycles. The summed E-state index contributed by atoms with van der Waals surface area (Å²) in [5.41, 5.74) is 2.66. The molecule has 7 nitrogen and oxygen atoms in total. The summed E-state index contributed by atoms with van der Waals surface area (Å²) < 4.78 is 0. The molecular formula is C28H39Cl2N5O2. The van der Waals surface area contributed by atoms with E-state index in [9.17, 15) is 10.2 Å². The molecule has 37 heavy (non-hydrogen) atoms. The van der Waals surface area contributed by atoms with Gasteiger partial charge in [0.2, 0.25) is 5.95 Å². The first kappa shape index (κ1) is 26.9. The third-order valence-electron chi connectivity index (χ3n) is 9.05. The summed E-state index contributed by atoms with van der Waals surface area (Å²) in [4.78, 5) is 14.6. The zero-order chi connectivity index (χ0) is 26.5. The number of hydrogen-bond acceptors (Lipinski definition) is 7. The minimum Gasteiger partial charge on any atom is -0.368 e. The van der Waals surface area contributed by atoms with Crippen LogP contribution in [-0.4, -0.2) is 63.6 Å². The second-order valence-electron chi connectivity index (χ2n) is 11.8. The molecule has 1 aromatic carbocycles. The fourth-order valence-electron chi connectivity index (χ4n) is 6.25. The van der Waals surface area contributed by atoms with Crippen molar-refractivity contribution in [2.45, 2.75) is 71.8 Å². The molecule has 1 aliphatic carbocycles. The molecule has 0 spiro atoms. The van der Waals surface area contributed by atoms with Crippen LogP contribution in [0, 0.1) is 31.1 Å². The Bertz CT molecular complexity index is 1130. The van der Waals surface area contributed by atoms with Crippen LogP contribution in [0.1, 0.15) is 62.4 Å². The van der Waals surface area contributed by atoms with E-state index in [0.717, 1.165) is 67.6 Å². The number of aryl methyl sites for hydroxylation is 1. The Morgan fingerprint density at radius 1 is 1.08 bits per heavy atom. The Labute approximate surface area is 230 Å². The second kappa shape index (κ2) is 10.5. The average molecular weight is 549 g/mol. The summed E-state index contributed by atoms with van der Waals surface area (Å²) >= 11 is 12.5. The van der Waals surface area contributed by atoms with Gasteiger partial charge in [0.05, 0.1) is 6.04 Å². The summed E-state index contributed by atoms with van der Waals surface area (Å²) in [7, 11) is 0. The van der Waals surface area contributed by atoms with Crippen LogP contribution in [0.25, 0.3) is 0 Å². The van der Waals surface area contributed by atoms with E-state index >= 15 is 0 Å². The van der Waals surface area contributed by atoms with Crippen LogP contribution in [0.4, 0.5) is 11.8 Å². The zero-order valence-electron chi connectivity index (χ0n) is 22.2. The number of hydrogen-bond donors (Lipinski definition) is 3. The Morgan fingerprint density at radius 3 is 2.49 bits per heavy atom. The molecule has 5 rings (SSSR count). The van der Waals surface area contributed by atoms with Crippen LogP contribution in [0.3, 0.4) is 0 Å². The number of benzene rings is 1. The lowest BCUT2D eigenvalue weighted by molar-refractivity contribution is -0.183. The van der Waals surface area contributed by atoms with E-state index in [0.29, 0.717) is 27.9 Å². The lowest BCUT2D eigenvalue weighted by Crippen LogP contribution is -2.59. The maximum absolute atomic E-state index is 9.66. The number of rotatable bonds is 7. The monoisotopic (exact) mass is 547 g/mol. The van der Waals surface area contributed by atoms with Gasteiger partial charge in [-0.05, 0) is 82.5 Å². The number of aliphatic hydroxyl groups excluding tert-OH is 1. The highest BCUT2D eigenvalue weighted by atomic mass is 35.5. The highest BCUT2D eigenvalue weighted by Gasteiger charge is 2.48. The van der Waals surface area contributed by atoms with Crippen molar-refractivity contribution in [2.24, 2.45) is 17.3 Å². The van der Waals surface area contributed by atoms with Crippen LogP contribution in [0.2, 0.25) is 10.0 Å². The van der Waals surface area contributed by atoms with Crippen molar-refractivity contribution >= 4 is 35.0 Å². The molecule has 2 saturated heterocycles. The number of anilines is 2. The van der Waals surface area contributed by atoms with Gasteiger partial charge in [-0.2, -0.15) is 4.98 Å². The van der Waals surface area contributed by atoms with Gasteiger partial charge in [0.1, 0.15) is 5.82 Å². The predicted molar refractivity (Wildman–Crippen MR) is 149 cm³/mol. The van der Waals surface area contributed by atoms with E-state index in [1.54, 1.807) is 6.07 Å². The van der Waals surface area contributed by atoms with Gasteiger partial charge in [0.15, 0.2) is 6.29 Å². The average Bonchev–Trinajstić information content (AvgIpc) is 2.79. The normalized spacial score (nSPS) is 27.6. The topological polar surface area (TPSA) is 84.8 Å². The number of halogens is 2. The SMILES string of the molecule is Cc1nc(N2CC([C@H]3CCCN([C@H]4C[C@](C)(C(O)O)C4)C3)C2)nc(N[C@H](C)c2ccc(Cl)cc2Cl)c1C. The fraction of sp³-hybridized carbons (Fsp3) is 0.643. The molecule has 3 fully saturated rings. The molecule has 2 atom stereocenters. The molecule has 2 aromatic rings. The van der Waals surface area contributed by atoms with Crippen molar-refractivity contribution in [3.63, 3.8) is 0 Å². The third-order valence-corrected chi connectivity index (χ3v) is 9.61. The maximum Gasteiger partial charge on any atom is 0.227 e. The quantitative estimate of drug-likeness (QED) is 0.410. The molecule has 0 radical (unpaired) electrons. The summed E-state index contributed by atoms with van der Waals surface area (Å²) in [5.74, 6) is 2.95. The first-order valence-electron chi connectivity index (χ1n) is 13.5.